The minimum Gasteiger partial charge on any atom is -0.459 e. The molecule has 2 heterocycles. The molecule has 0 atom stereocenters. The van der Waals surface area contributed by atoms with Crippen molar-refractivity contribution in [3.8, 4) is 10.8 Å². The number of furan rings is 1. The van der Waals surface area contributed by atoms with Crippen LogP contribution in [0.2, 0.25) is 0 Å². The lowest BCUT2D eigenvalue weighted by Gasteiger charge is -2.11. The van der Waals surface area contributed by atoms with Crippen LogP contribution in [0.15, 0.2) is 34.7 Å². The Hall–Kier alpha value is -2.93. The number of aryl methyl sites for hydroxylation is 3. The van der Waals surface area contributed by atoms with Gasteiger partial charge in [-0.05, 0) is 50.6 Å². The van der Waals surface area contributed by atoms with E-state index >= 15 is 0 Å². The summed E-state index contributed by atoms with van der Waals surface area (Å²) in [5.74, 6) is 1.14. The van der Waals surface area contributed by atoms with Gasteiger partial charge in [0, 0.05) is 17.8 Å². The Morgan fingerprint density at radius 2 is 1.89 bits per heavy atom. The number of nitrogens with one attached hydrogen (secondary N) is 2. The third-order valence-electron chi connectivity index (χ3n) is 4.04. The van der Waals surface area contributed by atoms with Crippen LogP contribution in [0, 0.1) is 20.8 Å². The maximum Gasteiger partial charge on any atom is 0.267 e. The molecule has 0 unspecified atom stereocenters. The van der Waals surface area contributed by atoms with E-state index in [0.29, 0.717) is 39.1 Å². The van der Waals surface area contributed by atoms with Crippen LogP contribution in [0.1, 0.15) is 40.0 Å². The maximum atomic E-state index is 12.8. The fourth-order valence-corrected chi connectivity index (χ4v) is 3.45. The normalized spacial score (nSPS) is 10.7. The van der Waals surface area contributed by atoms with Crippen molar-refractivity contribution < 1.29 is 14.0 Å². The van der Waals surface area contributed by atoms with Crippen LogP contribution in [-0.4, -0.2) is 16.8 Å². The molecule has 0 saturated carbocycles. The summed E-state index contributed by atoms with van der Waals surface area (Å²) in [7, 11) is 0. The Bertz CT molecular complexity index is 1000. The summed E-state index contributed by atoms with van der Waals surface area (Å²) in [6, 6.07) is 9.14. The summed E-state index contributed by atoms with van der Waals surface area (Å²) in [5, 5.41) is 6.39. The van der Waals surface area contributed by atoms with Crippen LogP contribution in [0.5, 0.6) is 0 Å². The Kier molecular flexibility index (Phi) is 5.41. The molecule has 140 valence electrons. The molecule has 0 spiro atoms. The first-order valence-electron chi connectivity index (χ1n) is 8.63. The van der Waals surface area contributed by atoms with Crippen molar-refractivity contribution in [2.75, 3.05) is 10.6 Å². The lowest BCUT2D eigenvalue weighted by molar-refractivity contribution is -0.115. The summed E-state index contributed by atoms with van der Waals surface area (Å²) in [6.07, 6.45) is 0.394. The van der Waals surface area contributed by atoms with E-state index in [0.717, 1.165) is 11.3 Å². The summed E-state index contributed by atoms with van der Waals surface area (Å²) < 4.78 is 5.59. The molecule has 2 aromatic heterocycles. The zero-order valence-corrected chi connectivity index (χ0v) is 16.5. The third kappa shape index (κ3) is 4.25. The number of carbonyl (C=O) groups is 2. The van der Waals surface area contributed by atoms with Crippen molar-refractivity contribution in [3.63, 3.8) is 0 Å². The highest BCUT2D eigenvalue weighted by atomic mass is 32.1. The highest BCUT2D eigenvalue weighted by Crippen LogP contribution is 2.30. The highest BCUT2D eigenvalue weighted by Gasteiger charge is 2.18. The molecule has 0 bridgehead atoms. The number of nitrogens with zero attached hydrogens (tertiary/aromatic N) is 1. The van der Waals surface area contributed by atoms with Gasteiger partial charge in [0.1, 0.15) is 10.6 Å². The Morgan fingerprint density at radius 3 is 2.56 bits per heavy atom. The largest absolute Gasteiger partial charge is 0.459 e. The Morgan fingerprint density at radius 1 is 1.11 bits per heavy atom. The van der Waals surface area contributed by atoms with E-state index in [1.807, 2.05) is 38.1 Å². The van der Waals surface area contributed by atoms with Gasteiger partial charge in [0.25, 0.3) is 5.91 Å². The van der Waals surface area contributed by atoms with Gasteiger partial charge in [-0.15, -0.1) is 11.3 Å². The van der Waals surface area contributed by atoms with E-state index in [4.69, 9.17) is 4.42 Å². The van der Waals surface area contributed by atoms with Crippen molar-refractivity contribution in [2.45, 2.75) is 34.1 Å². The molecule has 0 radical (unpaired) electrons. The van der Waals surface area contributed by atoms with E-state index in [1.165, 1.54) is 11.3 Å². The Labute approximate surface area is 161 Å². The lowest BCUT2D eigenvalue weighted by Crippen LogP contribution is -2.14. The van der Waals surface area contributed by atoms with E-state index in [2.05, 4.69) is 15.6 Å². The standard InChI is InChI=1S/C20H21N3O3S/c1-5-17(24)22-14-8-6-11(2)15(10-14)23-19(25)18-13(4)21-20(27-18)16-9-7-12(3)26-16/h6-10H,5H2,1-4H3,(H,22,24)(H,23,25). The maximum absolute atomic E-state index is 12.8. The first-order chi connectivity index (χ1) is 12.9. The summed E-state index contributed by atoms with van der Waals surface area (Å²) in [6.45, 7) is 7.36. The number of rotatable bonds is 5. The smallest absolute Gasteiger partial charge is 0.267 e. The van der Waals surface area contributed by atoms with E-state index in [9.17, 15) is 9.59 Å². The van der Waals surface area contributed by atoms with Crippen LogP contribution >= 0.6 is 11.3 Å². The molecule has 0 aliphatic heterocycles. The molecule has 6 nitrogen and oxygen atoms in total. The fourth-order valence-electron chi connectivity index (χ4n) is 2.52. The van der Waals surface area contributed by atoms with Crippen molar-refractivity contribution in [1.82, 2.24) is 4.98 Å². The van der Waals surface area contributed by atoms with Gasteiger partial charge in [0.15, 0.2) is 10.8 Å². The number of benzene rings is 1. The predicted octanol–water partition coefficient (Wildman–Crippen LogP) is 4.93. The van der Waals surface area contributed by atoms with Crippen LogP contribution < -0.4 is 10.6 Å². The van der Waals surface area contributed by atoms with Gasteiger partial charge in [-0.3, -0.25) is 9.59 Å². The highest BCUT2D eigenvalue weighted by molar-refractivity contribution is 7.17. The Balaban J connectivity index is 1.82. The molecule has 0 saturated heterocycles. The molecule has 0 aliphatic carbocycles. The quantitative estimate of drug-likeness (QED) is 0.654. The molecule has 27 heavy (non-hydrogen) atoms. The number of hydrogen-bond donors (Lipinski definition) is 2. The van der Waals surface area contributed by atoms with E-state index < -0.39 is 0 Å². The second-order valence-corrected chi connectivity index (χ2v) is 7.23. The molecular weight excluding hydrogens is 362 g/mol. The van der Waals surface area contributed by atoms with Gasteiger partial charge in [-0.2, -0.15) is 0 Å². The van der Waals surface area contributed by atoms with Gasteiger partial charge in [-0.25, -0.2) is 4.98 Å². The number of thiazole rings is 1. The van der Waals surface area contributed by atoms with Gasteiger partial charge in [0.2, 0.25) is 5.91 Å². The second-order valence-electron chi connectivity index (χ2n) is 6.23. The number of anilines is 2. The van der Waals surface area contributed by atoms with Crippen LogP contribution in [0.25, 0.3) is 10.8 Å². The molecule has 0 aliphatic rings. The molecule has 0 fully saturated rings. The summed E-state index contributed by atoms with van der Waals surface area (Å²) in [4.78, 5) is 29.3. The lowest BCUT2D eigenvalue weighted by atomic mass is 10.1. The zero-order chi connectivity index (χ0) is 19.6. The van der Waals surface area contributed by atoms with Crippen LogP contribution in [0.3, 0.4) is 0 Å². The van der Waals surface area contributed by atoms with Gasteiger partial charge in [0.05, 0.1) is 5.69 Å². The number of aromatic nitrogens is 1. The zero-order valence-electron chi connectivity index (χ0n) is 15.7. The number of amides is 2. The van der Waals surface area contributed by atoms with Crippen LogP contribution in [0.4, 0.5) is 11.4 Å². The fraction of sp³-hybridized carbons (Fsp3) is 0.250. The minimum absolute atomic E-state index is 0.0761. The minimum atomic E-state index is -0.235. The average Bonchev–Trinajstić information content (AvgIpc) is 3.23. The monoisotopic (exact) mass is 383 g/mol. The topological polar surface area (TPSA) is 84.2 Å². The molecule has 2 N–H and O–H groups in total. The van der Waals surface area contributed by atoms with Crippen molar-refractivity contribution in [3.05, 3.63) is 52.2 Å². The summed E-state index contributed by atoms with van der Waals surface area (Å²) >= 11 is 1.29. The third-order valence-corrected chi connectivity index (χ3v) is 5.22. The summed E-state index contributed by atoms with van der Waals surface area (Å²) in [5.41, 5.74) is 2.85. The molecule has 2 amide bonds. The van der Waals surface area contributed by atoms with Crippen molar-refractivity contribution in [2.24, 2.45) is 0 Å². The van der Waals surface area contributed by atoms with Crippen molar-refractivity contribution in [1.29, 1.82) is 0 Å². The first kappa shape index (κ1) is 18.8. The molecule has 7 heteroatoms. The molecular formula is C20H21N3O3S. The van der Waals surface area contributed by atoms with Crippen molar-refractivity contribution >= 4 is 34.5 Å². The van der Waals surface area contributed by atoms with E-state index in [1.54, 1.807) is 19.9 Å². The van der Waals surface area contributed by atoms with Gasteiger partial charge in [-0.1, -0.05) is 13.0 Å². The molecule has 1 aromatic carbocycles. The average molecular weight is 383 g/mol. The van der Waals surface area contributed by atoms with E-state index in [-0.39, 0.29) is 11.8 Å². The number of carbonyl (C=O) groups excluding carboxylic acids is 2. The SMILES string of the molecule is CCC(=O)Nc1ccc(C)c(NC(=O)c2sc(-c3ccc(C)o3)nc2C)c1. The molecule has 3 aromatic rings. The molecule has 3 rings (SSSR count). The van der Waals surface area contributed by atoms with Gasteiger partial charge >= 0.3 is 0 Å². The number of hydrogen-bond acceptors (Lipinski definition) is 5. The predicted molar refractivity (Wildman–Crippen MR) is 107 cm³/mol. The van der Waals surface area contributed by atoms with Gasteiger partial charge < -0.3 is 15.1 Å². The van der Waals surface area contributed by atoms with Crippen LogP contribution in [-0.2, 0) is 4.79 Å². The first-order valence-corrected chi connectivity index (χ1v) is 9.45. The second kappa shape index (κ2) is 7.75.